The number of benzene rings is 1. The van der Waals surface area contributed by atoms with Crippen LogP contribution in [0.15, 0.2) is 52.6 Å². The van der Waals surface area contributed by atoms with Crippen molar-refractivity contribution >= 4 is 23.7 Å². The van der Waals surface area contributed by atoms with Gasteiger partial charge in [0.1, 0.15) is 11.7 Å². The molecule has 120 valence electrons. The zero-order valence-corrected chi connectivity index (χ0v) is 13.3. The number of nitrogens with two attached hydrogens (primary N) is 1. The molecule has 1 aromatic heterocycles. The molecule has 1 aromatic carbocycles. The number of pyridine rings is 1. The Morgan fingerprint density at radius 2 is 2.04 bits per heavy atom. The fourth-order valence-electron chi connectivity index (χ4n) is 2.13. The summed E-state index contributed by atoms with van der Waals surface area (Å²) in [6.07, 6.45) is 3.37. The second-order valence-electron chi connectivity index (χ2n) is 4.79. The number of amidine groups is 1. The minimum Gasteiger partial charge on any atom is -0.392 e. The fourth-order valence-corrected chi connectivity index (χ4v) is 2.13. The molecule has 0 saturated carbocycles. The van der Waals surface area contributed by atoms with Crippen LogP contribution in [0.5, 0.6) is 0 Å². The predicted molar refractivity (Wildman–Crippen MR) is 95.0 cm³/mol. The number of aliphatic imine (C=N–C) groups is 2. The van der Waals surface area contributed by atoms with Crippen LogP contribution in [0.1, 0.15) is 18.1 Å². The van der Waals surface area contributed by atoms with Gasteiger partial charge in [-0.15, -0.1) is 0 Å². The molecule has 1 heterocycles. The molecule has 23 heavy (non-hydrogen) atoms. The number of aliphatic hydroxyl groups excluding tert-OH is 1. The molecule has 0 aliphatic rings. The van der Waals surface area contributed by atoms with Crippen LogP contribution in [0.25, 0.3) is 0 Å². The van der Waals surface area contributed by atoms with Gasteiger partial charge < -0.3 is 10.8 Å². The van der Waals surface area contributed by atoms with E-state index in [-0.39, 0.29) is 6.61 Å². The highest BCUT2D eigenvalue weighted by Gasteiger charge is 2.16. The molecule has 0 atom stereocenters. The number of nitrogen functional groups attached to an aromatic ring is 1. The maximum atomic E-state index is 9.19. The maximum absolute atomic E-state index is 9.19. The molecule has 0 aliphatic carbocycles. The van der Waals surface area contributed by atoms with Gasteiger partial charge in [0, 0.05) is 25.5 Å². The topological polar surface area (TPSA) is 87.1 Å². The molecule has 0 fully saturated rings. The second kappa shape index (κ2) is 8.05. The molecule has 0 radical (unpaired) electrons. The zero-order valence-electron chi connectivity index (χ0n) is 13.3. The van der Waals surface area contributed by atoms with Crippen molar-refractivity contribution in [3.05, 3.63) is 53.7 Å². The fraction of sp³-hybridized carbons (Fsp3) is 0.235. The Balaban J connectivity index is 2.48. The third kappa shape index (κ3) is 3.92. The van der Waals surface area contributed by atoms with Crippen LogP contribution < -0.4 is 10.6 Å². The van der Waals surface area contributed by atoms with Crippen molar-refractivity contribution in [1.82, 2.24) is 4.98 Å². The third-order valence-corrected chi connectivity index (χ3v) is 3.30. The van der Waals surface area contributed by atoms with E-state index in [1.165, 1.54) is 0 Å². The number of hydrogen-bond donors (Lipinski definition) is 2. The first kappa shape index (κ1) is 16.6. The van der Waals surface area contributed by atoms with Gasteiger partial charge in [0.2, 0.25) is 0 Å². The quantitative estimate of drug-likeness (QED) is 0.654. The molecule has 2 rings (SSSR count). The Kier molecular flexibility index (Phi) is 5.82. The lowest BCUT2D eigenvalue weighted by atomic mass is 10.1. The first-order chi connectivity index (χ1) is 11.2. The predicted octanol–water partition coefficient (Wildman–Crippen LogP) is 2.09. The molecule has 0 unspecified atom stereocenters. The Hall–Kier alpha value is -2.73. The van der Waals surface area contributed by atoms with Crippen LogP contribution in [0.3, 0.4) is 0 Å². The minimum absolute atomic E-state index is 0.00755. The van der Waals surface area contributed by atoms with E-state index in [2.05, 4.69) is 15.0 Å². The zero-order chi connectivity index (χ0) is 16.7. The first-order valence-corrected chi connectivity index (χ1v) is 7.37. The van der Waals surface area contributed by atoms with Gasteiger partial charge in [-0.25, -0.2) is 4.98 Å². The van der Waals surface area contributed by atoms with Crippen molar-refractivity contribution in [3.8, 4) is 0 Å². The normalized spacial score (nSPS) is 11.9. The highest BCUT2D eigenvalue weighted by atomic mass is 16.3. The number of anilines is 2. The van der Waals surface area contributed by atoms with Gasteiger partial charge in [0.25, 0.3) is 0 Å². The molecular weight excluding hydrogens is 290 g/mol. The van der Waals surface area contributed by atoms with Gasteiger partial charge in [-0.1, -0.05) is 12.1 Å². The van der Waals surface area contributed by atoms with Gasteiger partial charge in [-0.05, 0) is 36.8 Å². The lowest BCUT2D eigenvalue weighted by Crippen LogP contribution is -2.31. The molecule has 3 N–H and O–H groups in total. The second-order valence-corrected chi connectivity index (χ2v) is 4.79. The van der Waals surface area contributed by atoms with Gasteiger partial charge in [0.15, 0.2) is 0 Å². The standard InChI is InChI=1S/C17H21N5O/c1-3-20-12-22(14-8-6-13(11-23)7-9-14)17(19-2)15-5-4-10-21-16(15)18/h4-10,12,23H,3,11H2,1-2H3,(H2,18,21)/b19-17?,20-12+. The Morgan fingerprint density at radius 3 is 2.61 bits per heavy atom. The molecular formula is C17H21N5O. The molecule has 0 saturated heterocycles. The molecule has 0 spiro atoms. The van der Waals surface area contributed by atoms with Crippen molar-refractivity contribution in [2.24, 2.45) is 9.98 Å². The highest BCUT2D eigenvalue weighted by molar-refractivity contribution is 6.20. The molecule has 0 aliphatic heterocycles. The minimum atomic E-state index is 0.00755. The maximum Gasteiger partial charge on any atom is 0.144 e. The first-order valence-electron chi connectivity index (χ1n) is 7.37. The van der Waals surface area contributed by atoms with Gasteiger partial charge >= 0.3 is 0 Å². The van der Waals surface area contributed by atoms with Crippen molar-refractivity contribution in [2.75, 3.05) is 24.2 Å². The average molecular weight is 311 g/mol. The van der Waals surface area contributed by atoms with Gasteiger partial charge in [-0.2, -0.15) is 0 Å². The average Bonchev–Trinajstić information content (AvgIpc) is 2.60. The van der Waals surface area contributed by atoms with E-state index in [4.69, 9.17) is 5.73 Å². The summed E-state index contributed by atoms with van der Waals surface area (Å²) in [6.45, 7) is 2.63. The lowest BCUT2D eigenvalue weighted by Gasteiger charge is -2.22. The van der Waals surface area contributed by atoms with E-state index in [1.54, 1.807) is 19.6 Å². The summed E-state index contributed by atoms with van der Waals surface area (Å²) in [4.78, 5) is 14.7. The van der Waals surface area contributed by atoms with E-state index in [1.807, 2.05) is 48.2 Å². The summed E-state index contributed by atoms with van der Waals surface area (Å²) in [5.74, 6) is 1.07. The third-order valence-electron chi connectivity index (χ3n) is 3.30. The number of rotatable bonds is 5. The Labute approximate surface area is 136 Å². The lowest BCUT2D eigenvalue weighted by molar-refractivity contribution is 0.282. The van der Waals surface area contributed by atoms with E-state index < -0.39 is 0 Å². The summed E-state index contributed by atoms with van der Waals surface area (Å²) in [5, 5.41) is 9.19. The van der Waals surface area contributed by atoms with E-state index in [0.717, 1.165) is 16.8 Å². The van der Waals surface area contributed by atoms with E-state index in [9.17, 15) is 5.11 Å². The summed E-state index contributed by atoms with van der Waals surface area (Å²) >= 11 is 0. The molecule has 6 nitrogen and oxygen atoms in total. The highest BCUT2D eigenvalue weighted by Crippen LogP contribution is 2.20. The molecule has 6 heteroatoms. The van der Waals surface area contributed by atoms with E-state index in [0.29, 0.717) is 18.2 Å². The summed E-state index contributed by atoms with van der Waals surface area (Å²) < 4.78 is 0. The van der Waals surface area contributed by atoms with Gasteiger partial charge in [0.05, 0.1) is 18.5 Å². The summed E-state index contributed by atoms with van der Waals surface area (Å²) in [6, 6.07) is 11.2. The number of aromatic nitrogens is 1. The van der Waals surface area contributed by atoms with Crippen LogP contribution >= 0.6 is 0 Å². The van der Waals surface area contributed by atoms with Crippen LogP contribution in [0, 0.1) is 0 Å². The van der Waals surface area contributed by atoms with Crippen LogP contribution in [0.2, 0.25) is 0 Å². The largest absolute Gasteiger partial charge is 0.392 e. The number of nitrogens with zero attached hydrogens (tertiary/aromatic N) is 4. The van der Waals surface area contributed by atoms with Crippen LogP contribution in [-0.2, 0) is 6.61 Å². The van der Waals surface area contributed by atoms with Gasteiger partial charge in [-0.3, -0.25) is 14.9 Å². The number of aliphatic hydroxyl groups is 1. The smallest absolute Gasteiger partial charge is 0.144 e. The van der Waals surface area contributed by atoms with E-state index >= 15 is 0 Å². The van der Waals surface area contributed by atoms with Crippen molar-refractivity contribution < 1.29 is 5.11 Å². The Bertz CT molecular complexity index is 694. The van der Waals surface area contributed by atoms with Crippen molar-refractivity contribution in [2.45, 2.75) is 13.5 Å². The van der Waals surface area contributed by atoms with Crippen molar-refractivity contribution in [3.63, 3.8) is 0 Å². The van der Waals surface area contributed by atoms with Crippen LogP contribution in [-0.4, -0.2) is 35.9 Å². The Morgan fingerprint density at radius 1 is 1.30 bits per heavy atom. The SMILES string of the molecule is CC/N=C/N(C(=NC)c1cccnc1N)c1ccc(CO)cc1. The number of hydrogen-bond acceptors (Lipinski definition) is 5. The molecule has 2 aromatic rings. The van der Waals surface area contributed by atoms with Crippen LogP contribution in [0.4, 0.5) is 11.5 Å². The summed E-state index contributed by atoms with van der Waals surface area (Å²) in [5.41, 5.74) is 8.45. The summed E-state index contributed by atoms with van der Waals surface area (Å²) in [7, 11) is 1.71. The molecule has 0 amide bonds. The molecule has 0 bridgehead atoms. The van der Waals surface area contributed by atoms with Crippen molar-refractivity contribution in [1.29, 1.82) is 0 Å². The monoisotopic (exact) mass is 311 g/mol.